The molecule has 0 saturated carbocycles. The minimum atomic E-state index is -6.55. The van der Waals surface area contributed by atoms with Crippen LogP contribution in [0.3, 0.4) is 0 Å². The Morgan fingerprint density at radius 3 is 1.12 bits per heavy atom. The van der Waals surface area contributed by atoms with Crippen molar-refractivity contribution in [3.05, 3.63) is 9.14 Å². The van der Waals surface area contributed by atoms with E-state index in [4.69, 9.17) is 0 Å². The van der Waals surface area contributed by atoms with Gasteiger partial charge in [0, 0.05) is 0 Å². The lowest BCUT2D eigenvalue weighted by atomic mass is 10.6. The van der Waals surface area contributed by atoms with E-state index in [1.165, 1.54) is 0 Å². The first-order chi connectivity index (χ1) is 7.19. The van der Waals surface area contributed by atoms with Gasteiger partial charge in [-0.3, -0.25) is 4.79 Å². The summed E-state index contributed by atoms with van der Waals surface area (Å²) in [6.07, 6.45) is 0. The topological polar surface area (TPSA) is 146 Å². The Morgan fingerprint density at radius 1 is 0.765 bits per heavy atom. The minimum Gasteiger partial charge on any atom is -0.365 e. The van der Waals surface area contributed by atoms with Crippen molar-refractivity contribution in [3.63, 3.8) is 0 Å². The van der Waals surface area contributed by atoms with E-state index in [0.717, 1.165) is 0 Å². The molecule has 0 bridgehead atoms. The van der Waals surface area contributed by atoms with Crippen molar-refractivity contribution in [2.75, 3.05) is 0 Å². The predicted molar refractivity (Wildman–Crippen MR) is 46.3 cm³/mol. The van der Waals surface area contributed by atoms with Crippen molar-refractivity contribution in [1.82, 2.24) is 0 Å². The van der Waals surface area contributed by atoms with Gasteiger partial charge in [0.25, 0.3) is 5.91 Å². The van der Waals surface area contributed by atoms with Crippen LogP contribution in [0.4, 0.5) is 11.7 Å². The molecule has 0 aromatic carbocycles. The maximum absolute atomic E-state index is 12.4. The molecule has 0 aliphatic carbocycles. The van der Waals surface area contributed by atoms with Crippen molar-refractivity contribution >= 4 is 36.6 Å². The van der Waals surface area contributed by atoms with E-state index in [-0.39, 0.29) is 0 Å². The zero-order valence-electron chi connectivity index (χ0n) is 7.29. The highest BCUT2D eigenvalue weighted by Gasteiger charge is 2.42. The second kappa shape index (κ2) is 4.26. The lowest BCUT2D eigenvalue weighted by Crippen LogP contribution is -2.24. The lowest BCUT2D eigenvalue weighted by molar-refractivity contribution is -0.114. The van der Waals surface area contributed by atoms with E-state index in [1.807, 2.05) is 0 Å². The van der Waals surface area contributed by atoms with Crippen molar-refractivity contribution in [2.45, 2.75) is 0 Å². The number of rotatable bonds is 4. The molecule has 8 nitrogen and oxygen atoms in total. The molecule has 0 aliphatic rings. The smallest absolute Gasteiger partial charge is 0.347 e. The third kappa shape index (κ3) is 3.97. The van der Waals surface area contributed by atoms with Gasteiger partial charge >= 0.3 is 30.7 Å². The summed E-state index contributed by atoms with van der Waals surface area (Å²) in [7, 11) is -19.5. The summed E-state index contributed by atoms with van der Waals surface area (Å²) >= 11 is 0. The van der Waals surface area contributed by atoms with Crippen LogP contribution in [-0.2, 0) is 35.5 Å². The number of hydrogen-bond acceptors (Lipinski definition) is 7. The summed E-state index contributed by atoms with van der Waals surface area (Å²) in [5.41, 5.74) is 4.14. The van der Waals surface area contributed by atoms with Crippen LogP contribution in [0.2, 0.25) is 0 Å². The molecule has 0 unspecified atom stereocenters. The zero-order chi connectivity index (χ0) is 14.2. The second-order valence-corrected chi connectivity index (χ2v) is 6.40. The first-order valence-electron chi connectivity index (χ1n) is 3.07. The van der Waals surface area contributed by atoms with Crippen LogP contribution in [0.5, 0.6) is 0 Å². The molecule has 2 N–H and O–H groups in total. The Morgan fingerprint density at radius 2 is 1.06 bits per heavy atom. The molecule has 0 aromatic heterocycles. The van der Waals surface area contributed by atoms with Crippen LogP contribution in [0, 0.1) is 0 Å². The quantitative estimate of drug-likeness (QED) is 0.492. The number of carbonyl (C=O) groups is 1. The molecule has 0 fully saturated rings. The van der Waals surface area contributed by atoms with Gasteiger partial charge in [-0.1, -0.05) is 7.77 Å². The van der Waals surface area contributed by atoms with Crippen molar-refractivity contribution in [2.24, 2.45) is 5.73 Å². The molecular formula is C3H2F3NO7S3. The molecule has 14 heteroatoms. The molecule has 0 aliphatic heterocycles. The Kier molecular flexibility index (Phi) is 3.97. The third-order valence-corrected chi connectivity index (χ3v) is 4.74. The summed E-state index contributed by atoms with van der Waals surface area (Å²) in [4.78, 5) is 7.52. The van der Waals surface area contributed by atoms with Crippen molar-refractivity contribution < 1.29 is 41.7 Å². The number of amides is 1. The van der Waals surface area contributed by atoms with Gasteiger partial charge in [-0.05, 0) is 0 Å². The number of nitrogens with two attached hydrogens (primary N) is 1. The Bertz CT molecular complexity index is 650. The van der Waals surface area contributed by atoms with Gasteiger partial charge in [-0.15, -0.1) is 3.89 Å². The molecule has 0 heterocycles. The summed E-state index contributed by atoms with van der Waals surface area (Å²) < 4.78 is 95.1. The molecule has 0 spiro atoms. The maximum atomic E-state index is 12.4. The van der Waals surface area contributed by atoms with Crippen LogP contribution in [-0.4, -0.2) is 31.2 Å². The number of hydrogen-bond donors (Lipinski definition) is 1. The third-order valence-electron chi connectivity index (χ3n) is 1.10. The Labute approximate surface area is 93.5 Å². The van der Waals surface area contributed by atoms with E-state index < -0.39 is 45.7 Å². The van der Waals surface area contributed by atoms with Gasteiger partial charge in [-0.25, -0.2) is 0 Å². The Hall–Kier alpha value is -1.15. The molecule has 0 radical (unpaired) electrons. The average Bonchev–Trinajstić information content (AvgIpc) is 1.91. The average molecular weight is 317 g/mol. The fourth-order valence-corrected chi connectivity index (χ4v) is 3.89. The standard InChI is InChI=1S/C3H2F3NO7S3/c4-15(9,10)1(2(7)8)3(16(5,11)12)17(6,13)14/h(H2,7,8). The van der Waals surface area contributed by atoms with Crippen molar-refractivity contribution in [1.29, 1.82) is 0 Å². The van der Waals surface area contributed by atoms with E-state index in [9.17, 15) is 41.7 Å². The monoisotopic (exact) mass is 317 g/mol. The van der Waals surface area contributed by atoms with Crippen LogP contribution >= 0.6 is 0 Å². The highest BCUT2D eigenvalue weighted by Crippen LogP contribution is 2.26. The molecule has 1 amide bonds. The summed E-state index contributed by atoms with van der Waals surface area (Å²) in [6.45, 7) is 0. The van der Waals surface area contributed by atoms with Crippen LogP contribution in [0.1, 0.15) is 0 Å². The second-order valence-electron chi connectivity index (χ2n) is 2.29. The van der Waals surface area contributed by atoms with E-state index in [1.54, 1.807) is 0 Å². The van der Waals surface area contributed by atoms with Crippen LogP contribution in [0.25, 0.3) is 0 Å². The number of carbonyl (C=O) groups excluding carboxylic acids is 1. The normalized spacial score (nSPS) is 13.1. The molecule has 0 aromatic rings. The molecule has 0 saturated heterocycles. The largest absolute Gasteiger partial charge is 0.365 e. The fraction of sp³-hybridized carbons (Fsp3) is 0. The summed E-state index contributed by atoms with van der Waals surface area (Å²) in [5.74, 6) is -2.50. The molecular weight excluding hydrogens is 315 g/mol. The molecule has 0 atom stereocenters. The van der Waals surface area contributed by atoms with Crippen LogP contribution < -0.4 is 5.73 Å². The number of primary amides is 1. The highest BCUT2D eigenvalue weighted by molar-refractivity contribution is 8.11. The molecule has 100 valence electrons. The molecule has 0 rings (SSSR count). The van der Waals surface area contributed by atoms with Gasteiger partial charge in [-0.2, -0.15) is 25.3 Å². The van der Waals surface area contributed by atoms with E-state index in [2.05, 4.69) is 5.73 Å². The number of halogens is 3. The minimum absolute atomic E-state index is 2.50. The van der Waals surface area contributed by atoms with Gasteiger partial charge < -0.3 is 5.73 Å². The Balaban J connectivity index is 6.97. The maximum Gasteiger partial charge on any atom is 0.347 e. The van der Waals surface area contributed by atoms with Crippen molar-refractivity contribution in [3.8, 4) is 0 Å². The van der Waals surface area contributed by atoms with Gasteiger partial charge in [0.05, 0.1) is 0 Å². The molecule has 17 heavy (non-hydrogen) atoms. The fourth-order valence-electron chi connectivity index (χ4n) is 0.661. The van der Waals surface area contributed by atoms with E-state index in [0.29, 0.717) is 0 Å². The zero-order valence-corrected chi connectivity index (χ0v) is 9.74. The summed E-state index contributed by atoms with van der Waals surface area (Å²) in [6, 6.07) is 0. The lowest BCUT2D eigenvalue weighted by Gasteiger charge is -2.01. The summed E-state index contributed by atoms with van der Waals surface area (Å²) in [5, 5.41) is 0. The predicted octanol–water partition coefficient (Wildman–Crippen LogP) is -1.46. The van der Waals surface area contributed by atoms with Gasteiger partial charge in [0.15, 0.2) is 4.91 Å². The SMILES string of the molecule is NC(=O)C(=C(S(=O)(=O)F)S(=O)(=O)F)S(=O)(=O)F. The van der Waals surface area contributed by atoms with Crippen LogP contribution in [0.15, 0.2) is 9.14 Å². The van der Waals surface area contributed by atoms with E-state index >= 15 is 0 Å². The van der Waals surface area contributed by atoms with Gasteiger partial charge in [0.2, 0.25) is 4.24 Å². The van der Waals surface area contributed by atoms with Gasteiger partial charge in [0.1, 0.15) is 0 Å². The first-order valence-corrected chi connectivity index (χ1v) is 7.22. The first kappa shape index (κ1) is 15.9. The highest BCUT2D eigenvalue weighted by atomic mass is 32.3.